The van der Waals surface area contributed by atoms with E-state index in [4.69, 9.17) is 11.6 Å². The first-order valence-corrected chi connectivity index (χ1v) is 6.58. The van der Waals surface area contributed by atoms with Gasteiger partial charge >= 0.3 is 5.97 Å². The first-order chi connectivity index (χ1) is 8.45. The molecule has 0 aliphatic rings. The normalized spacial score (nSPS) is 12.5. The van der Waals surface area contributed by atoms with E-state index >= 15 is 0 Å². The number of aliphatic carboxylic acids is 1. The second kappa shape index (κ2) is 5.04. The molecule has 0 fully saturated rings. The summed E-state index contributed by atoms with van der Waals surface area (Å²) in [5.41, 5.74) is 0.107. The van der Waals surface area contributed by atoms with Crippen LogP contribution in [0.2, 0.25) is 5.02 Å². The lowest BCUT2D eigenvalue weighted by atomic mass is 9.81. The Balaban J connectivity index is 3.31. The van der Waals surface area contributed by atoms with Gasteiger partial charge in [-0.2, -0.15) is 0 Å². The maximum atomic E-state index is 11.2. The molecule has 0 bridgehead atoms. The number of phenolic OH excluding ortho intramolecular Hbond substituents is 1. The van der Waals surface area contributed by atoms with Crippen LogP contribution in [0.4, 0.5) is 0 Å². The molecule has 19 heavy (non-hydrogen) atoms. The molecule has 1 aromatic carbocycles. The molecule has 0 saturated heterocycles. The second-order valence-corrected chi connectivity index (χ2v) is 7.01. The number of carboxylic acid groups (broad SMARTS) is 1. The number of phenols is 1. The number of rotatable bonds is 3. The summed E-state index contributed by atoms with van der Waals surface area (Å²) in [7, 11) is 0. The van der Waals surface area contributed by atoms with Gasteiger partial charge in [-0.1, -0.05) is 32.4 Å². The Morgan fingerprint density at radius 2 is 1.74 bits per heavy atom. The maximum absolute atomic E-state index is 11.2. The number of aromatic hydroxyl groups is 1. The SMILES string of the molecule is CC(C)(Cc1cc(Cl)cc(C(C)(C)C)c1O)C(=O)O. The molecule has 0 spiro atoms. The van der Waals surface area contributed by atoms with Gasteiger partial charge in [-0.25, -0.2) is 0 Å². The van der Waals surface area contributed by atoms with Gasteiger partial charge in [0.15, 0.2) is 0 Å². The Morgan fingerprint density at radius 1 is 1.21 bits per heavy atom. The quantitative estimate of drug-likeness (QED) is 0.882. The van der Waals surface area contributed by atoms with E-state index in [0.717, 1.165) is 5.56 Å². The fourth-order valence-corrected chi connectivity index (χ4v) is 2.15. The maximum Gasteiger partial charge on any atom is 0.309 e. The molecule has 0 aliphatic heterocycles. The van der Waals surface area contributed by atoms with E-state index in [1.807, 2.05) is 20.8 Å². The summed E-state index contributed by atoms with van der Waals surface area (Å²) < 4.78 is 0. The van der Waals surface area contributed by atoms with Gasteiger partial charge in [0.25, 0.3) is 0 Å². The van der Waals surface area contributed by atoms with E-state index in [9.17, 15) is 15.0 Å². The summed E-state index contributed by atoms with van der Waals surface area (Å²) >= 11 is 6.08. The highest BCUT2D eigenvalue weighted by atomic mass is 35.5. The van der Waals surface area contributed by atoms with Crippen LogP contribution in [0.3, 0.4) is 0 Å². The van der Waals surface area contributed by atoms with Crippen LogP contribution in [0, 0.1) is 5.41 Å². The Hall–Kier alpha value is -1.22. The molecule has 106 valence electrons. The molecule has 0 aromatic heterocycles. The zero-order valence-corrected chi connectivity index (χ0v) is 12.8. The van der Waals surface area contributed by atoms with Crippen LogP contribution < -0.4 is 0 Å². The molecule has 0 unspecified atom stereocenters. The average Bonchev–Trinajstić information content (AvgIpc) is 2.20. The van der Waals surface area contributed by atoms with Gasteiger partial charge in [0, 0.05) is 10.6 Å². The molecule has 3 nitrogen and oxygen atoms in total. The highest BCUT2D eigenvalue weighted by Gasteiger charge is 2.30. The van der Waals surface area contributed by atoms with Crippen LogP contribution >= 0.6 is 11.6 Å². The molecule has 0 heterocycles. The van der Waals surface area contributed by atoms with Crippen molar-refractivity contribution in [3.8, 4) is 5.75 Å². The fraction of sp³-hybridized carbons (Fsp3) is 0.533. The van der Waals surface area contributed by atoms with Crippen molar-refractivity contribution < 1.29 is 15.0 Å². The number of carbonyl (C=O) groups is 1. The smallest absolute Gasteiger partial charge is 0.309 e. The minimum atomic E-state index is -0.947. The third-order valence-corrected chi connectivity index (χ3v) is 3.39. The third kappa shape index (κ3) is 3.63. The molecule has 0 atom stereocenters. The van der Waals surface area contributed by atoms with E-state index in [1.54, 1.807) is 26.0 Å². The number of carboxylic acids is 1. The van der Waals surface area contributed by atoms with Crippen molar-refractivity contribution in [1.82, 2.24) is 0 Å². The van der Waals surface area contributed by atoms with E-state index in [-0.39, 0.29) is 17.6 Å². The van der Waals surface area contributed by atoms with Crippen LogP contribution in [-0.2, 0) is 16.6 Å². The first-order valence-electron chi connectivity index (χ1n) is 6.20. The van der Waals surface area contributed by atoms with E-state index < -0.39 is 11.4 Å². The summed E-state index contributed by atoms with van der Waals surface area (Å²) in [6.07, 6.45) is 0.234. The molecule has 0 radical (unpaired) electrons. The molecule has 2 N–H and O–H groups in total. The molecule has 0 aliphatic carbocycles. The molecule has 4 heteroatoms. The number of benzene rings is 1. The zero-order valence-electron chi connectivity index (χ0n) is 12.0. The van der Waals surface area contributed by atoms with Crippen molar-refractivity contribution in [3.05, 3.63) is 28.3 Å². The monoisotopic (exact) mass is 284 g/mol. The third-order valence-electron chi connectivity index (χ3n) is 3.17. The zero-order chi connectivity index (χ0) is 15.0. The highest BCUT2D eigenvalue weighted by Crippen LogP contribution is 2.38. The molecule has 1 rings (SSSR count). The van der Waals surface area contributed by atoms with Crippen LogP contribution in [0.15, 0.2) is 12.1 Å². The minimum absolute atomic E-state index is 0.145. The van der Waals surface area contributed by atoms with Crippen molar-refractivity contribution in [2.75, 3.05) is 0 Å². The predicted molar refractivity (Wildman–Crippen MR) is 76.9 cm³/mol. The molecule has 1 aromatic rings. The summed E-state index contributed by atoms with van der Waals surface area (Å²) in [5, 5.41) is 20.0. The van der Waals surface area contributed by atoms with Gasteiger partial charge in [-0.15, -0.1) is 0 Å². The fourth-order valence-electron chi connectivity index (χ4n) is 1.91. The van der Waals surface area contributed by atoms with Gasteiger partial charge in [0.1, 0.15) is 5.75 Å². The van der Waals surface area contributed by atoms with Crippen molar-refractivity contribution in [3.63, 3.8) is 0 Å². The Kier molecular flexibility index (Phi) is 4.20. The minimum Gasteiger partial charge on any atom is -0.507 e. The molecular formula is C15H21ClO3. The molecule has 0 amide bonds. The Bertz CT molecular complexity index is 499. The van der Waals surface area contributed by atoms with Crippen LogP contribution in [0.25, 0.3) is 0 Å². The summed E-state index contributed by atoms with van der Waals surface area (Å²) in [6, 6.07) is 3.37. The highest BCUT2D eigenvalue weighted by molar-refractivity contribution is 6.30. The van der Waals surface area contributed by atoms with Crippen molar-refractivity contribution in [2.45, 2.75) is 46.5 Å². The number of hydrogen-bond acceptors (Lipinski definition) is 2. The van der Waals surface area contributed by atoms with E-state index in [2.05, 4.69) is 0 Å². The summed E-state index contributed by atoms with van der Waals surface area (Å²) in [4.78, 5) is 11.2. The number of halogens is 1. The Labute approximate surface area is 119 Å². The second-order valence-electron chi connectivity index (χ2n) is 6.58. The van der Waals surface area contributed by atoms with Gasteiger partial charge < -0.3 is 10.2 Å². The van der Waals surface area contributed by atoms with Crippen LogP contribution in [0.5, 0.6) is 5.75 Å². The van der Waals surface area contributed by atoms with E-state index in [1.165, 1.54) is 0 Å². The average molecular weight is 285 g/mol. The van der Waals surface area contributed by atoms with Crippen molar-refractivity contribution in [1.29, 1.82) is 0 Å². The van der Waals surface area contributed by atoms with Gasteiger partial charge in [0.05, 0.1) is 5.41 Å². The largest absolute Gasteiger partial charge is 0.507 e. The van der Waals surface area contributed by atoms with E-state index in [0.29, 0.717) is 10.6 Å². The van der Waals surface area contributed by atoms with Crippen molar-refractivity contribution >= 4 is 17.6 Å². The van der Waals surface area contributed by atoms with Gasteiger partial charge in [-0.05, 0) is 43.4 Å². The standard InChI is InChI=1S/C15H21ClO3/c1-14(2,3)11-7-10(16)6-9(12(11)17)8-15(4,5)13(18)19/h6-7,17H,8H2,1-5H3,(H,18,19). The lowest BCUT2D eigenvalue weighted by molar-refractivity contribution is -0.146. The first kappa shape index (κ1) is 15.8. The topological polar surface area (TPSA) is 57.5 Å². The van der Waals surface area contributed by atoms with Crippen molar-refractivity contribution in [2.24, 2.45) is 5.41 Å². The summed E-state index contributed by atoms with van der Waals surface area (Å²) in [6.45, 7) is 9.19. The predicted octanol–water partition coefficient (Wildman–Crippen LogP) is 4.00. The van der Waals surface area contributed by atoms with Gasteiger partial charge in [0.2, 0.25) is 0 Å². The molecule has 0 saturated carbocycles. The number of hydrogen-bond donors (Lipinski definition) is 2. The van der Waals surface area contributed by atoms with Crippen LogP contribution in [-0.4, -0.2) is 16.2 Å². The summed E-state index contributed by atoms with van der Waals surface area (Å²) in [5.74, 6) is -0.754. The Morgan fingerprint density at radius 3 is 2.16 bits per heavy atom. The molecular weight excluding hydrogens is 264 g/mol. The van der Waals surface area contributed by atoms with Crippen LogP contribution in [0.1, 0.15) is 45.7 Å². The lowest BCUT2D eigenvalue weighted by Crippen LogP contribution is -2.26. The van der Waals surface area contributed by atoms with Gasteiger partial charge in [-0.3, -0.25) is 4.79 Å². The lowest BCUT2D eigenvalue weighted by Gasteiger charge is -2.25.